The smallest absolute Gasteiger partial charge is 0.283 e. The summed E-state index contributed by atoms with van der Waals surface area (Å²) >= 11 is 1.31. The molecule has 2 heterocycles. The molecule has 0 aromatic carbocycles. The highest BCUT2D eigenvalue weighted by atomic mass is 32.2. The van der Waals surface area contributed by atoms with E-state index in [1.807, 2.05) is 17.8 Å². The highest BCUT2D eigenvalue weighted by molar-refractivity contribution is 7.99. The van der Waals surface area contributed by atoms with Gasteiger partial charge in [-0.25, -0.2) is 9.97 Å². The van der Waals surface area contributed by atoms with Crippen LogP contribution in [0.4, 0.5) is 0 Å². The van der Waals surface area contributed by atoms with Crippen LogP contribution in [0.3, 0.4) is 0 Å². The fourth-order valence-corrected chi connectivity index (χ4v) is 2.45. The quantitative estimate of drug-likeness (QED) is 0.825. The van der Waals surface area contributed by atoms with Crippen LogP contribution in [0.25, 0.3) is 0 Å². The largest absolute Gasteiger partial charge is 0.329 e. The minimum atomic E-state index is -0.0111. The van der Waals surface area contributed by atoms with Gasteiger partial charge in [0.05, 0.1) is 0 Å². The maximum Gasteiger partial charge on any atom is 0.283 e. The lowest BCUT2D eigenvalue weighted by Gasteiger charge is -2.05. The molecular formula is C11H12N4OS. The molecule has 1 saturated carbocycles. The molecule has 88 valence electrons. The molecule has 1 fully saturated rings. The molecule has 0 N–H and O–H groups in total. The van der Waals surface area contributed by atoms with Gasteiger partial charge in [0.25, 0.3) is 5.56 Å². The molecule has 2 aromatic rings. The topological polar surface area (TPSA) is 52.7 Å². The molecule has 0 unspecified atom stereocenters. The van der Waals surface area contributed by atoms with Crippen LogP contribution in [0.2, 0.25) is 0 Å². The van der Waals surface area contributed by atoms with E-state index in [1.165, 1.54) is 11.8 Å². The van der Waals surface area contributed by atoms with Gasteiger partial charge < -0.3 is 9.13 Å². The van der Waals surface area contributed by atoms with Crippen molar-refractivity contribution >= 4 is 11.8 Å². The highest BCUT2D eigenvalue weighted by Crippen LogP contribution is 2.33. The standard InChI is InChI=1S/C11H12N4OS/c1-14-6-4-13-11(14)17-9-10(16)15(7-5-12-9)8-2-3-8/h4-8H,2-3H2,1H3. The predicted octanol–water partition coefficient (Wildman–Crippen LogP) is 1.46. The van der Waals surface area contributed by atoms with Gasteiger partial charge in [0.15, 0.2) is 10.2 Å². The first-order valence-corrected chi connectivity index (χ1v) is 6.29. The Morgan fingerprint density at radius 2 is 2.06 bits per heavy atom. The molecule has 0 amide bonds. The summed E-state index contributed by atoms with van der Waals surface area (Å²) in [6.45, 7) is 0. The molecule has 0 bridgehead atoms. The molecule has 0 spiro atoms. The van der Waals surface area contributed by atoms with Gasteiger partial charge in [-0.15, -0.1) is 0 Å². The van der Waals surface area contributed by atoms with E-state index >= 15 is 0 Å². The Bertz CT molecular complexity index is 600. The minimum absolute atomic E-state index is 0.0111. The summed E-state index contributed by atoms with van der Waals surface area (Å²) in [6.07, 6.45) is 9.20. The molecule has 5 nitrogen and oxygen atoms in total. The molecule has 0 radical (unpaired) electrons. The molecule has 0 saturated heterocycles. The number of hydrogen-bond acceptors (Lipinski definition) is 4. The second-order valence-electron chi connectivity index (χ2n) is 4.10. The van der Waals surface area contributed by atoms with E-state index in [9.17, 15) is 4.79 Å². The molecule has 3 rings (SSSR count). The van der Waals surface area contributed by atoms with E-state index in [0.29, 0.717) is 11.1 Å². The number of aromatic nitrogens is 4. The van der Waals surface area contributed by atoms with E-state index in [1.54, 1.807) is 23.2 Å². The Morgan fingerprint density at radius 1 is 1.29 bits per heavy atom. The van der Waals surface area contributed by atoms with E-state index < -0.39 is 0 Å². The van der Waals surface area contributed by atoms with Crippen LogP contribution in [0.15, 0.2) is 39.8 Å². The molecule has 2 aromatic heterocycles. The van der Waals surface area contributed by atoms with E-state index in [4.69, 9.17) is 0 Å². The van der Waals surface area contributed by atoms with E-state index in [-0.39, 0.29) is 5.56 Å². The first kappa shape index (κ1) is 10.6. The van der Waals surface area contributed by atoms with Crippen LogP contribution < -0.4 is 5.56 Å². The second kappa shape index (κ2) is 4.03. The zero-order chi connectivity index (χ0) is 11.8. The zero-order valence-corrected chi connectivity index (χ0v) is 10.2. The molecule has 0 atom stereocenters. The molecule has 0 aliphatic heterocycles. The van der Waals surface area contributed by atoms with Crippen molar-refractivity contribution in [3.63, 3.8) is 0 Å². The van der Waals surface area contributed by atoms with Crippen LogP contribution in [0, 0.1) is 0 Å². The Balaban J connectivity index is 1.96. The van der Waals surface area contributed by atoms with Gasteiger partial charge in [0, 0.05) is 37.9 Å². The normalized spacial score (nSPS) is 15.1. The van der Waals surface area contributed by atoms with Crippen molar-refractivity contribution in [2.24, 2.45) is 7.05 Å². The third kappa shape index (κ3) is 2.00. The maximum absolute atomic E-state index is 12.1. The maximum atomic E-state index is 12.1. The van der Waals surface area contributed by atoms with Crippen LogP contribution in [-0.2, 0) is 7.05 Å². The first-order chi connectivity index (χ1) is 8.25. The summed E-state index contributed by atoms with van der Waals surface area (Å²) in [7, 11) is 1.90. The summed E-state index contributed by atoms with van der Waals surface area (Å²) in [5.74, 6) is 0. The number of aryl methyl sites for hydroxylation is 1. The summed E-state index contributed by atoms with van der Waals surface area (Å²) < 4.78 is 3.65. The van der Waals surface area contributed by atoms with Gasteiger partial charge in [-0.05, 0) is 24.6 Å². The van der Waals surface area contributed by atoms with Crippen molar-refractivity contribution in [1.29, 1.82) is 0 Å². The van der Waals surface area contributed by atoms with Crippen molar-refractivity contribution in [3.8, 4) is 0 Å². The van der Waals surface area contributed by atoms with Crippen molar-refractivity contribution in [1.82, 2.24) is 19.1 Å². The third-order valence-electron chi connectivity index (χ3n) is 2.74. The lowest BCUT2D eigenvalue weighted by atomic mass is 10.6. The fourth-order valence-electron chi connectivity index (χ4n) is 1.65. The molecule has 6 heteroatoms. The second-order valence-corrected chi connectivity index (χ2v) is 5.05. The van der Waals surface area contributed by atoms with Gasteiger partial charge in [-0.2, -0.15) is 0 Å². The number of nitrogens with zero attached hydrogens (tertiary/aromatic N) is 4. The van der Waals surface area contributed by atoms with Crippen LogP contribution >= 0.6 is 11.8 Å². The molecular weight excluding hydrogens is 236 g/mol. The SMILES string of the molecule is Cn1ccnc1Sc1nccn(C2CC2)c1=O. The van der Waals surface area contributed by atoms with Crippen molar-refractivity contribution in [2.45, 2.75) is 29.1 Å². The Kier molecular flexibility index (Phi) is 2.51. The lowest BCUT2D eigenvalue weighted by molar-refractivity contribution is 0.673. The Morgan fingerprint density at radius 3 is 2.71 bits per heavy atom. The van der Waals surface area contributed by atoms with E-state index in [0.717, 1.165) is 18.0 Å². The number of imidazole rings is 1. The average molecular weight is 248 g/mol. The van der Waals surface area contributed by atoms with Crippen molar-refractivity contribution in [2.75, 3.05) is 0 Å². The third-order valence-corrected chi connectivity index (χ3v) is 3.79. The Labute approximate surface area is 103 Å². The van der Waals surface area contributed by atoms with Gasteiger partial charge in [0.2, 0.25) is 0 Å². The summed E-state index contributed by atoms with van der Waals surface area (Å²) in [4.78, 5) is 20.5. The van der Waals surface area contributed by atoms with Crippen molar-refractivity contribution < 1.29 is 0 Å². The highest BCUT2D eigenvalue weighted by Gasteiger charge is 2.25. The molecule has 1 aliphatic rings. The van der Waals surface area contributed by atoms with Crippen LogP contribution in [0.5, 0.6) is 0 Å². The summed E-state index contributed by atoms with van der Waals surface area (Å²) in [5, 5.41) is 1.27. The predicted molar refractivity (Wildman–Crippen MR) is 64.1 cm³/mol. The van der Waals surface area contributed by atoms with E-state index in [2.05, 4.69) is 9.97 Å². The fraction of sp³-hybridized carbons (Fsp3) is 0.364. The monoisotopic (exact) mass is 248 g/mol. The summed E-state index contributed by atoms with van der Waals surface area (Å²) in [6, 6.07) is 0.381. The molecule has 1 aliphatic carbocycles. The lowest BCUT2D eigenvalue weighted by Crippen LogP contribution is -2.21. The van der Waals surface area contributed by atoms with Gasteiger partial charge in [-0.3, -0.25) is 4.79 Å². The van der Waals surface area contributed by atoms with Gasteiger partial charge >= 0.3 is 0 Å². The van der Waals surface area contributed by atoms with Crippen LogP contribution in [-0.4, -0.2) is 19.1 Å². The zero-order valence-electron chi connectivity index (χ0n) is 9.41. The van der Waals surface area contributed by atoms with Crippen molar-refractivity contribution in [3.05, 3.63) is 35.1 Å². The summed E-state index contributed by atoms with van der Waals surface area (Å²) in [5.41, 5.74) is -0.0111. The van der Waals surface area contributed by atoms with Crippen LogP contribution in [0.1, 0.15) is 18.9 Å². The number of hydrogen-bond donors (Lipinski definition) is 0. The Hall–Kier alpha value is -1.56. The van der Waals surface area contributed by atoms with Gasteiger partial charge in [-0.1, -0.05) is 0 Å². The average Bonchev–Trinajstić information content (AvgIpc) is 3.08. The first-order valence-electron chi connectivity index (χ1n) is 5.48. The molecule has 17 heavy (non-hydrogen) atoms. The minimum Gasteiger partial charge on any atom is -0.329 e. The van der Waals surface area contributed by atoms with Gasteiger partial charge in [0.1, 0.15) is 0 Å². The number of rotatable bonds is 3.